The van der Waals surface area contributed by atoms with E-state index < -0.39 is 0 Å². The van der Waals surface area contributed by atoms with Gasteiger partial charge in [-0.1, -0.05) is 23.4 Å². The van der Waals surface area contributed by atoms with Crippen LogP contribution in [-0.4, -0.2) is 40.4 Å². The highest BCUT2D eigenvalue weighted by Gasteiger charge is 2.23. The highest BCUT2D eigenvalue weighted by Crippen LogP contribution is 2.27. The van der Waals surface area contributed by atoms with E-state index in [0.717, 1.165) is 47.8 Å². The van der Waals surface area contributed by atoms with Crippen LogP contribution in [0.4, 0.5) is 5.88 Å². The summed E-state index contributed by atoms with van der Waals surface area (Å²) in [6.45, 7) is -0.0617. The van der Waals surface area contributed by atoms with Gasteiger partial charge in [-0.25, -0.2) is 0 Å². The summed E-state index contributed by atoms with van der Waals surface area (Å²) in [5.74, 6) is -0.0972. The van der Waals surface area contributed by atoms with Crippen LogP contribution in [0.5, 0.6) is 0 Å². The number of nitrogens with zero attached hydrogens (tertiary/aromatic N) is 2. The lowest BCUT2D eigenvalue weighted by Gasteiger charge is -2.16. The molecule has 1 aromatic carbocycles. The summed E-state index contributed by atoms with van der Waals surface area (Å²) in [6, 6.07) is 7.58. The Morgan fingerprint density at radius 3 is 2.96 bits per heavy atom. The highest BCUT2D eigenvalue weighted by molar-refractivity contribution is 6.07. The number of benzene rings is 1. The molecule has 7 nitrogen and oxygen atoms in total. The van der Waals surface area contributed by atoms with Crippen molar-refractivity contribution in [3.05, 3.63) is 47.3 Å². The maximum Gasteiger partial charge on any atom is 0.256 e. The molecule has 0 aliphatic heterocycles. The first-order chi connectivity index (χ1) is 12.6. The van der Waals surface area contributed by atoms with Crippen LogP contribution in [0.25, 0.3) is 10.9 Å². The first-order valence-corrected chi connectivity index (χ1v) is 8.72. The van der Waals surface area contributed by atoms with Crippen molar-refractivity contribution in [1.29, 1.82) is 0 Å². The number of para-hydroxylation sites is 1. The molecule has 134 valence electrons. The van der Waals surface area contributed by atoms with E-state index in [1.165, 1.54) is 4.90 Å². The zero-order valence-electron chi connectivity index (χ0n) is 14.5. The number of rotatable bonds is 4. The summed E-state index contributed by atoms with van der Waals surface area (Å²) in [7, 11) is 1.61. The first kappa shape index (κ1) is 16.4. The molecule has 7 heteroatoms. The number of hydrogen-bond donors (Lipinski definition) is 2. The molecule has 1 aliphatic rings. The van der Waals surface area contributed by atoms with Crippen LogP contribution in [0.1, 0.15) is 34.5 Å². The minimum Gasteiger partial charge on any atom is -0.360 e. The Labute approximate surface area is 150 Å². The molecular formula is C19H20N4O3. The van der Waals surface area contributed by atoms with Gasteiger partial charge in [0.05, 0.1) is 17.8 Å². The van der Waals surface area contributed by atoms with Gasteiger partial charge in [0.1, 0.15) is 0 Å². The molecule has 2 heterocycles. The number of nitrogens with one attached hydrogen (secondary N) is 2. The fourth-order valence-electron chi connectivity index (χ4n) is 3.40. The molecule has 2 N–H and O–H groups in total. The number of hydrogen-bond acceptors (Lipinski definition) is 4. The number of carbonyl (C=O) groups excluding carboxylic acids is 2. The molecule has 2 amide bonds. The fraction of sp³-hybridized carbons (Fsp3) is 0.316. The van der Waals surface area contributed by atoms with Crippen molar-refractivity contribution in [3.8, 4) is 0 Å². The van der Waals surface area contributed by atoms with Crippen molar-refractivity contribution in [2.75, 3.05) is 18.9 Å². The number of aryl methyl sites for hydroxylation is 1. The second-order valence-corrected chi connectivity index (χ2v) is 6.60. The lowest BCUT2D eigenvalue weighted by molar-refractivity contribution is -0.116. The number of fused-ring (bicyclic) bond motifs is 2. The molecule has 0 spiro atoms. The van der Waals surface area contributed by atoms with Gasteiger partial charge in [0, 0.05) is 29.7 Å². The van der Waals surface area contributed by atoms with Gasteiger partial charge >= 0.3 is 0 Å². The van der Waals surface area contributed by atoms with E-state index in [9.17, 15) is 9.59 Å². The van der Waals surface area contributed by atoms with Crippen LogP contribution < -0.4 is 5.32 Å². The average molecular weight is 352 g/mol. The number of likely N-dealkylation sites (N-methyl/N-ethyl adjacent to an activating group) is 1. The van der Waals surface area contributed by atoms with E-state index in [4.69, 9.17) is 4.52 Å². The second-order valence-electron chi connectivity index (χ2n) is 6.60. The summed E-state index contributed by atoms with van der Waals surface area (Å²) in [5, 5.41) is 7.61. The number of H-pyrrole nitrogens is 1. The Bertz CT molecular complexity index is 972. The van der Waals surface area contributed by atoms with Gasteiger partial charge in [-0.15, -0.1) is 0 Å². The zero-order valence-corrected chi connectivity index (χ0v) is 14.5. The number of aromatic nitrogens is 2. The monoisotopic (exact) mass is 352 g/mol. The van der Waals surface area contributed by atoms with Crippen molar-refractivity contribution in [3.63, 3.8) is 0 Å². The molecule has 0 atom stereocenters. The van der Waals surface area contributed by atoms with Crippen molar-refractivity contribution >= 4 is 28.6 Å². The predicted octanol–water partition coefficient (Wildman–Crippen LogP) is 2.75. The molecule has 4 rings (SSSR count). The molecular weight excluding hydrogens is 332 g/mol. The predicted molar refractivity (Wildman–Crippen MR) is 97.0 cm³/mol. The third kappa shape index (κ3) is 2.96. The number of amides is 2. The van der Waals surface area contributed by atoms with E-state index in [1.54, 1.807) is 13.2 Å². The molecule has 0 fully saturated rings. The highest BCUT2D eigenvalue weighted by atomic mass is 16.5. The molecule has 0 radical (unpaired) electrons. The van der Waals surface area contributed by atoms with Gasteiger partial charge in [-0.2, -0.15) is 0 Å². The fourth-order valence-corrected chi connectivity index (χ4v) is 3.40. The van der Waals surface area contributed by atoms with Crippen molar-refractivity contribution in [1.82, 2.24) is 15.0 Å². The van der Waals surface area contributed by atoms with E-state index in [0.29, 0.717) is 11.4 Å². The molecule has 1 aliphatic carbocycles. The number of carbonyl (C=O) groups is 2. The molecule has 2 aromatic heterocycles. The average Bonchev–Trinajstić information content (AvgIpc) is 3.25. The van der Waals surface area contributed by atoms with Gasteiger partial charge in [-0.3, -0.25) is 14.9 Å². The maximum atomic E-state index is 12.7. The van der Waals surface area contributed by atoms with Crippen molar-refractivity contribution in [2.24, 2.45) is 0 Å². The Hall–Kier alpha value is -3.09. The van der Waals surface area contributed by atoms with Crippen LogP contribution in [-0.2, 0) is 17.6 Å². The summed E-state index contributed by atoms with van der Waals surface area (Å²) >= 11 is 0. The van der Waals surface area contributed by atoms with Crippen molar-refractivity contribution in [2.45, 2.75) is 25.7 Å². The second kappa shape index (κ2) is 6.67. The summed E-state index contributed by atoms with van der Waals surface area (Å²) in [6.07, 6.45) is 5.57. The first-order valence-electron chi connectivity index (χ1n) is 8.72. The van der Waals surface area contributed by atoms with Crippen LogP contribution >= 0.6 is 0 Å². The third-order valence-electron chi connectivity index (χ3n) is 4.76. The molecule has 0 saturated heterocycles. The lowest BCUT2D eigenvalue weighted by Crippen LogP contribution is -2.35. The molecule has 26 heavy (non-hydrogen) atoms. The van der Waals surface area contributed by atoms with Crippen LogP contribution in [0, 0.1) is 0 Å². The van der Waals surface area contributed by atoms with E-state index in [2.05, 4.69) is 15.5 Å². The van der Waals surface area contributed by atoms with Crippen LogP contribution in [0.2, 0.25) is 0 Å². The Morgan fingerprint density at radius 1 is 1.27 bits per heavy atom. The number of aromatic amines is 1. The maximum absolute atomic E-state index is 12.7. The Morgan fingerprint density at radius 2 is 2.08 bits per heavy atom. The van der Waals surface area contributed by atoms with E-state index >= 15 is 0 Å². The van der Waals surface area contributed by atoms with E-state index in [-0.39, 0.29) is 18.4 Å². The summed E-state index contributed by atoms with van der Waals surface area (Å²) < 4.78 is 5.27. The Kier molecular flexibility index (Phi) is 4.20. The minimum absolute atomic E-state index is 0.0617. The van der Waals surface area contributed by atoms with Gasteiger partial charge in [-0.05, 0) is 31.7 Å². The van der Waals surface area contributed by atoms with Gasteiger partial charge in [0.25, 0.3) is 5.91 Å². The largest absolute Gasteiger partial charge is 0.360 e. The van der Waals surface area contributed by atoms with Crippen LogP contribution in [0.3, 0.4) is 0 Å². The Balaban J connectivity index is 1.44. The van der Waals surface area contributed by atoms with Crippen molar-refractivity contribution < 1.29 is 14.1 Å². The molecule has 0 saturated carbocycles. The topological polar surface area (TPSA) is 91.2 Å². The summed E-state index contributed by atoms with van der Waals surface area (Å²) in [5.41, 5.74) is 3.35. The third-order valence-corrected chi connectivity index (χ3v) is 4.76. The summed E-state index contributed by atoms with van der Waals surface area (Å²) in [4.78, 5) is 29.5. The van der Waals surface area contributed by atoms with Gasteiger partial charge in [0.15, 0.2) is 0 Å². The quantitative estimate of drug-likeness (QED) is 0.755. The number of anilines is 1. The SMILES string of the molecule is CN(CC(=O)Nc1onc2c1CCCC2)C(=O)c1c[nH]c2ccccc12. The van der Waals surface area contributed by atoms with E-state index in [1.807, 2.05) is 24.3 Å². The lowest BCUT2D eigenvalue weighted by atomic mass is 9.98. The molecule has 0 unspecified atom stereocenters. The zero-order chi connectivity index (χ0) is 18.1. The molecule has 0 bridgehead atoms. The standard InChI is InChI=1S/C19H20N4O3/c1-23(19(25)14-10-20-15-8-4-2-6-12(14)15)11-17(24)21-18-13-7-3-5-9-16(13)22-26-18/h2,4,6,8,10,20H,3,5,7,9,11H2,1H3,(H,21,24). The molecule has 3 aromatic rings. The normalized spacial score (nSPS) is 13.4. The van der Waals surface area contributed by atoms with Gasteiger partial charge in [0.2, 0.25) is 11.8 Å². The van der Waals surface area contributed by atoms with Crippen LogP contribution in [0.15, 0.2) is 35.0 Å². The smallest absolute Gasteiger partial charge is 0.256 e. The van der Waals surface area contributed by atoms with Gasteiger partial charge < -0.3 is 14.4 Å². The minimum atomic E-state index is -0.301.